The summed E-state index contributed by atoms with van der Waals surface area (Å²) in [6, 6.07) is 20.7. The number of benzene rings is 2. The van der Waals surface area contributed by atoms with E-state index in [1.54, 1.807) is 30.5 Å². The minimum atomic E-state index is -0.313. The summed E-state index contributed by atoms with van der Waals surface area (Å²) in [6.07, 6.45) is 2.51. The molecule has 3 aromatic rings. The van der Waals surface area contributed by atoms with E-state index in [0.717, 1.165) is 44.8 Å². The lowest BCUT2D eigenvalue weighted by atomic mass is 10.1. The second-order valence-corrected chi connectivity index (χ2v) is 8.29. The molecule has 2 heterocycles. The number of hydrogen-bond donors (Lipinski definition) is 1. The van der Waals surface area contributed by atoms with Gasteiger partial charge in [0.15, 0.2) is 0 Å². The summed E-state index contributed by atoms with van der Waals surface area (Å²) >= 11 is 0. The maximum atomic E-state index is 12.4. The Morgan fingerprint density at radius 2 is 1.68 bits per heavy atom. The summed E-state index contributed by atoms with van der Waals surface area (Å²) in [7, 11) is 0. The van der Waals surface area contributed by atoms with E-state index in [2.05, 4.69) is 20.1 Å². The molecule has 0 unspecified atom stereocenters. The lowest BCUT2D eigenvalue weighted by molar-refractivity contribution is 0.0505. The number of pyridine rings is 1. The van der Waals surface area contributed by atoms with Gasteiger partial charge >= 0.3 is 5.97 Å². The first kappa shape index (κ1) is 23.4. The Hall–Kier alpha value is -3.71. The summed E-state index contributed by atoms with van der Waals surface area (Å²) in [6.45, 7) is 6.53. The van der Waals surface area contributed by atoms with Gasteiger partial charge in [-0.25, -0.2) is 9.78 Å². The predicted octanol–water partition coefficient (Wildman–Crippen LogP) is 4.22. The summed E-state index contributed by atoms with van der Waals surface area (Å²) in [5.41, 5.74) is 3.13. The Balaban J connectivity index is 1.30. The van der Waals surface area contributed by atoms with Gasteiger partial charge in [0.1, 0.15) is 11.4 Å². The number of anilines is 2. The molecule has 0 aliphatic carbocycles. The van der Waals surface area contributed by atoms with Crippen LogP contribution < -0.4 is 10.2 Å². The molecule has 1 N–H and O–H groups in total. The van der Waals surface area contributed by atoms with Crippen molar-refractivity contribution >= 4 is 23.4 Å². The van der Waals surface area contributed by atoms with Crippen molar-refractivity contribution in [3.63, 3.8) is 0 Å². The van der Waals surface area contributed by atoms with Crippen LogP contribution in [0.5, 0.6) is 0 Å². The fraction of sp³-hybridized carbons (Fsp3) is 0.296. The molecular weight excluding hydrogens is 428 g/mol. The van der Waals surface area contributed by atoms with E-state index in [9.17, 15) is 9.59 Å². The highest BCUT2D eigenvalue weighted by Gasteiger charge is 2.23. The number of ether oxygens (including phenoxy) is 1. The molecule has 7 nitrogen and oxygen atoms in total. The normalized spacial score (nSPS) is 14.0. The number of esters is 1. The van der Waals surface area contributed by atoms with Crippen LogP contribution in [-0.4, -0.2) is 54.5 Å². The molecule has 1 aliphatic rings. The molecule has 1 amide bonds. The van der Waals surface area contributed by atoms with Gasteiger partial charge in [0, 0.05) is 50.2 Å². The quantitative estimate of drug-likeness (QED) is 0.510. The number of carbonyl (C=O) groups is 2. The van der Waals surface area contributed by atoms with Crippen LogP contribution >= 0.6 is 0 Å². The number of amides is 1. The van der Waals surface area contributed by atoms with Crippen molar-refractivity contribution in [2.75, 3.05) is 43.0 Å². The number of hydrogen-bond acceptors (Lipinski definition) is 6. The van der Waals surface area contributed by atoms with E-state index in [-0.39, 0.29) is 11.9 Å². The number of nitrogens with zero attached hydrogens (tertiary/aromatic N) is 3. The molecule has 1 fully saturated rings. The lowest BCUT2D eigenvalue weighted by Crippen LogP contribution is -2.46. The van der Waals surface area contributed by atoms with Crippen LogP contribution in [0.15, 0.2) is 72.9 Å². The van der Waals surface area contributed by atoms with Gasteiger partial charge in [-0.2, -0.15) is 0 Å². The topological polar surface area (TPSA) is 74.8 Å². The third kappa shape index (κ3) is 5.99. The number of nitrogens with one attached hydrogen (secondary N) is 1. The van der Waals surface area contributed by atoms with Crippen LogP contribution in [0.2, 0.25) is 0 Å². The van der Waals surface area contributed by atoms with E-state index in [1.807, 2.05) is 49.4 Å². The molecule has 4 rings (SSSR count). The van der Waals surface area contributed by atoms with Crippen molar-refractivity contribution < 1.29 is 14.3 Å². The molecule has 7 heteroatoms. The van der Waals surface area contributed by atoms with Crippen LogP contribution in [0.3, 0.4) is 0 Å². The molecule has 0 atom stereocenters. The monoisotopic (exact) mass is 458 g/mol. The van der Waals surface area contributed by atoms with Crippen molar-refractivity contribution in [3.8, 4) is 0 Å². The van der Waals surface area contributed by atoms with E-state index in [0.29, 0.717) is 23.6 Å². The molecule has 0 radical (unpaired) electrons. The lowest BCUT2D eigenvalue weighted by Gasteiger charge is -2.36. The molecule has 34 heavy (non-hydrogen) atoms. The van der Waals surface area contributed by atoms with Gasteiger partial charge in [-0.15, -0.1) is 0 Å². The van der Waals surface area contributed by atoms with E-state index in [4.69, 9.17) is 4.74 Å². The van der Waals surface area contributed by atoms with Gasteiger partial charge < -0.3 is 15.0 Å². The zero-order valence-electron chi connectivity index (χ0n) is 19.4. The Kier molecular flexibility index (Phi) is 7.88. The van der Waals surface area contributed by atoms with Crippen molar-refractivity contribution in [2.45, 2.75) is 19.9 Å². The highest BCUT2D eigenvalue weighted by atomic mass is 16.5. The minimum Gasteiger partial charge on any atom is -0.462 e. The van der Waals surface area contributed by atoms with E-state index in [1.165, 1.54) is 5.56 Å². The summed E-state index contributed by atoms with van der Waals surface area (Å²) in [5, 5.41) is 2.94. The van der Waals surface area contributed by atoms with Gasteiger partial charge in [0.2, 0.25) is 0 Å². The molecule has 0 saturated carbocycles. The second kappa shape index (κ2) is 11.4. The molecule has 1 aromatic heterocycles. The fourth-order valence-corrected chi connectivity index (χ4v) is 3.94. The van der Waals surface area contributed by atoms with Crippen LogP contribution in [0.4, 0.5) is 11.5 Å². The van der Waals surface area contributed by atoms with Crippen LogP contribution in [-0.2, 0) is 11.3 Å². The van der Waals surface area contributed by atoms with Gasteiger partial charge in [-0.05, 0) is 48.4 Å². The Labute approximate surface area is 200 Å². The number of aromatic nitrogens is 1. The third-order valence-electron chi connectivity index (χ3n) is 5.77. The Bertz CT molecular complexity index is 1090. The Morgan fingerprint density at radius 3 is 2.38 bits per heavy atom. The van der Waals surface area contributed by atoms with E-state index < -0.39 is 0 Å². The summed E-state index contributed by atoms with van der Waals surface area (Å²) < 4.78 is 5.33. The number of rotatable bonds is 8. The first-order valence-electron chi connectivity index (χ1n) is 11.7. The minimum absolute atomic E-state index is 0.114. The maximum Gasteiger partial charge on any atom is 0.341 e. The molecule has 0 bridgehead atoms. The molecule has 2 aromatic carbocycles. The van der Waals surface area contributed by atoms with Crippen LogP contribution in [0.1, 0.15) is 39.6 Å². The largest absolute Gasteiger partial charge is 0.462 e. The maximum absolute atomic E-state index is 12.4. The number of piperazine rings is 1. The zero-order valence-corrected chi connectivity index (χ0v) is 19.4. The fourth-order valence-electron chi connectivity index (χ4n) is 3.94. The van der Waals surface area contributed by atoms with Crippen molar-refractivity contribution in [3.05, 3.63) is 89.6 Å². The molecule has 1 aliphatic heterocycles. The SMILES string of the molecule is CCCOC(=O)c1cccnc1N1CCN(Cc2ccc(NC(=O)c3ccccc3)cc2)CC1. The smallest absolute Gasteiger partial charge is 0.341 e. The summed E-state index contributed by atoms with van der Waals surface area (Å²) in [5.74, 6) is 0.269. The van der Waals surface area contributed by atoms with E-state index >= 15 is 0 Å². The molecule has 1 saturated heterocycles. The first-order chi connectivity index (χ1) is 16.6. The molecule has 176 valence electrons. The van der Waals surface area contributed by atoms with Gasteiger partial charge in [-0.3, -0.25) is 9.69 Å². The van der Waals surface area contributed by atoms with Crippen LogP contribution in [0.25, 0.3) is 0 Å². The average molecular weight is 459 g/mol. The molecular formula is C27H30N4O3. The zero-order chi connectivity index (χ0) is 23.8. The van der Waals surface area contributed by atoms with Gasteiger partial charge in [0.25, 0.3) is 5.91 Å². The van der Waals surface area contributed by atoms with Crippen LogP contribution in [0, 0.1) is 0 Å². The van der Waals surface area contributed by atoms with Gasteiger partial charge in [0.05, 0.1) is 6.61 Å². The average Bonchev–Trinajstić information content (AvgIpc) is 2.89. The predicted molar refractivity (Wildman–Crippen MR) is 133 cm³/mol. The second-order valence-electron chi connectivity index (χ2n) is 8.29. The number of carbonyl (C=O) groups excluding carboxylic acids is 2. The highest BCUT2D eigenvalue weighted by Crippen LogP contribution is 2.21. The van der Waals surface area contributed by atoms with Crippen molar-refractivity contribution in [1.29, 1.82) is 0 Å². The Morgan fingerprint density at radius 1 is 0.941 bits per heavy atom. The molecule has 0 spiro atoms. The van der Waals surface area contributed by atoms with Gasteiger partial charge in [-0.1, -0.05) is 37.3 Å². The van der Waals surface area contributed by atoms with Crippen molar-refractivity contribution in [1.82, 2.24) is 9.88 Å². The van der Waals surface area contributed by atoms with Crippen molar-refractivity contribution in [2.24, 2.45) is 0 Å². The standard InChI is InChI=1S/C27H30N4O3/c1-2-19-34-27(33)24-9-6-14-28-25(24)31-17-15-30(16-18-31)20-21-10-12-23(13-11-21)29-26(32)22-7-4-3-5-8-22/h3-14H,2,15-20H2,1H3,(H,29,32). The third-order valence-corrected chi connectivity index (χ3v) is 5.77. The summed E-state index contributed by atoms with van der Waals surface area (Å²) in [4.78, 5) is 33.7. The first-order valence-corrected chi connectivity index (χ1v) is 11.7. The highest BCUT2D eigenvalue weighted by molar-refractivity contribution is 6.04.